The number of carbonyl (C=O) groups excluding carboxylic acids is 1. The van der Waals surface area contributed by atoms with Gasteiger partial charge >= 0.3 is 0 Å². The van der Waals surface area contributed by atoms with Crippen LogP contribution in [0.25, 0.3) is 10.9 Å². The van der Waals surface area contributed by atoms with Gasteiger partial charge in [-0.05, 0) is 37.4 Å². The van der Waals surface area contributed by atoms with Gasteiger partial charge in [0.2, 0.25) is 0 Å². The summed E-state index contributed by atoms with van der Waals surface area (Å²) in [6.07, 6.45) is 1.33. The lowest BCUT2D eigenvalue weighted by Crippen LogP contribution is -2.45. The fourth-order valence-electron chi connectivity index (χ4n) is 4.46. The quantitative estimate of drug-likeness (QED) is 0.200. The number of nitro groups is 1. The van der Waals surface area contributed by atoms with E-state index in [1.807, 2.05) is 0 Å². The van der Waals surface area contributed by atoms with Crippen LogP contribution in [0.5, 0.6) is 5.75 Å². The van der Waals surface area contributed by atoms with Crippen LogP contribution in [0, 0.1) is 21.7 Å². The summed E-state index contributed by atoms with van der Waals surface area (Å²) in [4.78, 5) is 36.8. The third-order valence-electron chi connectivity index (χ3n) is 6.83. The molecule has 14 heteroatoms. The number of benzene rings is 3. The van der Waals surface area contributed by atoms with Crippen molar-refractivity contribution in [2.24, 2.45) is 0 Å². The summed E-state index contributed by atoms with van der Waals surface area (Å²) in [6.45, 7) is 4.61. The van der Waals surface area contributed by atoms with Crippen molar-refractivity contribution >= 4 is 51.3 Å². The van der Waals surface area contributed by atoms with E-state index >= 15 is 0 Å². The number of carbonyl (C=O) groups is 1. The number of aromatic nitrogens is 2. The third kappa shape index (κ3) is 6.70. The van der Waals surface area contributed by atoms with Gasteiger partial charge < -0.3 is 20.3 Å². The molecule has 3 aromatic carbocycles. The molecule has 2 heterocycles. The number of anilines is 3. The highest BCUT2D eigenvalue weighted by molar-refractivity contribution is 6.31. The number of hydrogen-bond acceptors (Lipinski definition) is 9. The molecule has 0 aliphatic carbocycles. The Morgan fingerprint density at radius 2 is 1.83 bits per heavy atom. The monoisotopic (exact) mass is 597 g/mol. The largest absolute Gasteiger partial charge is 0.490 e. The minimum atomic E-state index is -0.921. The highest BCUT2D eigenvalue weighted by atomic mass is 35.5. The maximum atomic E-state index is 14.6. The Bertz CT molecular complexity index is 1650. The predicted molar refractivity (Wildman–Crippen MR) is 155 cm³/mol. The molecule has 0 spiro atoms. The number of fused-ring (bicyclic) bond motifs is 1. The fourth-order valence-corrected chi connectivity index (χ4v) is 4.64. The van der Waals surface area contributed by atoms with Gasteiger partial charge in [0.1, 0.15) is 36.1 Å². The fraction of sp³-hybridized carbons (Fsp3) is 0.250. The molecule has 42 heavy (non-hydrogen) atoms. The van der Waals surface area contributed by atoms with Gasteiger partial charge in [-0.3, -0.25) is 19.8 Å². The van der Waals surface area contributed by atoms with Gasteiger partial charge in [-0.1, -0.05) is 11.6 Å². The molecule has 218 valence electrons. The average Bonchev–Trinajstić information content (AvgIpc) is 2.96. The lowest BCUT2D eigenvalue weighted by molar-refractivity contribution is -0.384. The molecule has 1 fully saturated rings. The standard InChI is InChI=1S/C28H26ClF2N7O4/c1-36-6-8-37(9-7-36)10-11-42-26-15-24-20(27(33-16-32-24)34-17-2-4-23(31)21(29)12-17)14-25(26)35-28(39)19-13-18(38(40)41)3-5-22(19)30/h2-5,12-16H,6-11H2,1H3,(H,35,39)(H,32,33,34). The van der Waals surface area contributed by atoms with Crippen molar-refractivity contribution in [3.05, 3.63) is 87.2 Å². The number of non-ortho nitro benzene ring substituents is 1. The number of nitro benzene ring substituents is 1. The summed E-state index contributed by atoms with van der Waals surface area (Å²) in [5, 5.41) is 17.3. The van der Waals surface area contributed by atoms with Crippen LogP contribution in [-0.4, -0.2) is 77.0 Å². The molecule has 1 amide bonds. The number of nitrogens with zero attached hydrogens (tertiary/aromatic N) is 5. The van der Waals surface area contributed by atoms with Crippen molar-refractivity contribution < 1.29 is 23.2 Å². The molecule has 1 aromatic heterocycles. The second-order valence-corrected chi connectivity index (χ2v) is 10.1. The van der Waals surface area contributed by atoms with Gasteiger partial charge in [0.05, 0.1) is 26.7 Å². The molecule has 1 saturated heterocycles. The molecule has 0 bridgehead atoms. The molecule has 2 N–H and O–H groups in total. The zero-order valence-corrected chi connectivity index (χ0v) is 23.2. The SMILES string of the molecule is CN1CCN(CCOc2cc3ncnc(Nc4ccc(F)c(Cl)c4)c3cc2NC(=O)c2cc([N+](=O)[O-])ccc2F)CC1. The van der Waals surface area contributed by atoms with E-state index in [4.69, 9.17) is 16.3 Å². The topological polar surface area (TPSA) is 126 Å². The zero-order valence-electron chi connectivity index (χ0n) is 22.4. The number of amides is 1. The Labute approximate surface area is 244 Å². The van der Waals surface area contributed by atoms with E-state index in [1.54, 1.807) is 12.1 Å². The predicted octanol–water partition coefficient (Wildman–Crippen LogP) is 5.09. The third-order valence-corrected chi connectivity index (χ3v) is 7.12. The van der Waals surface area contributed by atoms with Crippen molar-refractivity contribution in [3.63, 3.8) is 0 Å². The normalized spacial score (nSPS) is 14.1. The number of likely N-dealkylation sites (N-methyl/N-ethyl adjacent to an activating group) is 1. The molecule has 0 saturated carbocycles. The number of hydrogen-bond donors (Lipinski definition) is 2. The Morgan fingerprint density at radius 3 is 2.57 bits per heavy atom. The van der Waals surface area contributed by atoms with Crippen LogP contribution >= 0.6 is 11.6 Å². The van der Waals surface area contributed by atoms with Gasteiger partial charge in [-0.2, -0.15) is 0 Å². The van der Waals surface area contributed by atoms with Crippen molar-refractivity contribution in [1.29, 1.82) is 0 Å². The van der Waals surface area contributed by atoms with Gasteiger partial charge in [-0.15, -0.1) is 0 Å². The molecule has 1 aliphatic rings. The molecular formula is C28H26ClF2N7O4. The Balaban J connectivity index is 1.47. The first-order valence-electron chi connectivity index (χ1n) is 13.0. The molecule has 0 unspecified atom stereocenters. The molecule has 0 atom stereocenters. The van der Waals surface area contributed by atoms with Crippen LogP contribution in [0.1, 0.15) is 10.4 Å². The summed E-state index contributed by atoms with van der Waals surface area (Å²) >= 11 is 5.92. The zero-order chi connectivity index (χ0) is 29.8. The number of piperazine rings is 1. The number of rotatable bonds is 9. The van der Waals surface area contributed by atoms with Crippen LogP contribution in [0.2, 0.25) is 5.02 Å². The Hall–Kier alpha value is -4.46. The van der Waals surface area contributed by atoms with E-state index in [9.17, 15) is 23.7 Å². The minimum Gasteiger partial charge on any atom is -0.490 e. The van der Waals surface area contributed by atoms with Gasteiger partial charge in [-0.25, -0.2) is 18.7 Å². The average molecular weight is 598 g/mol. The van der Waals surface area contributed by atoms with Gasteiger partial charge in [0, 0.05) is 62.0 Å². The highest BCUT2D eigenvalue weighted by Crippen LogP contribution is 2.34. The van der Waals surface area contributed by atoms with Crippen LogP contribution in [0.4, 0.5) is 31.7 Å². The first-order chi connectivity index (χ1) is 20.2. The molecule has 5 rings (SSSR count). The van der Waals surface area contributed by atoms with Crippen molar-refractivity contribution in [2.75, 3.05) is 57.0 Å². The van der Waals surface area contributed by atoms with Crippen LogP contribution in [-0.2, 0) is 0 Å². The molecule has 1 aliphatic heterocycles. The summed E-state index contributed by atoms with van der Waals surface area (Å²) in [6, 6.07) is 9.97. The Morgan fingerprint density at radius 1 is 1.07 bits per heavy atom. The summed E-state index contributed by atoms with van der Waals surface area (Å²) in [5.74, 6) is -1.81. The first-order valence-corrected chi connectivity index (χ1v) is 13.4. The molecule has 4 aromatic rings. The lowest BCUT2D eigenvalue weighted by atomic mass is 10.1. The summed E-state index contributed by atoms with van der Waals surface area (Å²) in [7, 11) is 2.07. The van der Waals surface area contributed by atoms with E-state index in [-0.39, 0.29) is 16.5 Å². The second kappa shape index (κ2) is 12.6. The van der Waals surface area contributed by atoms with E-state index in [0.29, 0.717) is 35.6 Å². The van der Waals surface area contributed by atoms with Crippen LogP contribution in [0.15, 0.2) is 54.9 Å². The molecular weight excluding hydrogens is 572 g/mol. The second-order valence-electron chi connectivity index (χ2n) is 9.71. The summed E-state index contributed by atoms with van der Waals surface area (Å²) < 4.78 is 34.3. The van der Waals surface area contributed by atoms with E-state index < -0.39 is 33.7 Å². The maximum absolute atomic E-state index is 14.6. The first kappa shape index (κ1) is 29.0. The lowest BCUT2D eigenvalue weighted by Gasteiger charge is -2.32. The highest BCUT2D eigenvalue weighted by Gasteiger charge is 2.21. The number of halogens is 3. The van der Waals surface area contributed by atoms with Crippen molar-refractivity contribution in [3.8, 4) is 5.75 Å². The van der Waals surface area contributed by atoms with Crippen LogP contribution < -0.4 is 15.4 Å². The Kier molecular flexibility index (Phi) is 8.71. The smallest absolute Gasteiger partial charge is 0.270 e. The number of ether oxygens (including phenoxy) is 1. The summed E-state index contributed by atoms with van der Waals surface area (Å²) in [5.41, 5.74) is 0.164. The van der Waals surface area contributed by atoms with Gasteiger partial charge in [0.15, 0.2) is 0 Å². The van der Waals surface area contributed by atoms with E-state index in [1.165, 1.54) is 24.5 Å². The van der Waals surface area contributed by atoms with E-state index in [2.05, 4.69) is 37.4 Å². The van der Waals surface area contributed by atoms with E-state index in [0.717, 1.165) is 44.4 Å². The van der Waals surface area contributed by atoms with Crippen LogP contribution in [0.3, 0.4) is 0 Å². The molecule has 0 radical (unpaired) electrons. The number of nitrogens with one attached hydrogen (secondary N) is 2. The van der Waals surface area contributed by atoms with Gasteiger partial charge in [0.25, 0.3) is 11.6 Å². The van der Waals surface area contributed by atoms with Crippen molar-refractivity contribution in [1.82, 2.24) is 19.8 Å². The van der Waals surface area contributed by atoms with Crippen molar-refractivity contribution in [2.45, 2.75) is 0 Å². The maximum Gasteiger partial charge on any atom is 0.270 e. The minimum absolute atomic E-state index is 0.0821. The molecule has 11 nitrogen and oxygen atoms in total.